The zero-order valence-corrected chi connectivity index (χ0v) is 19.5. The number of aromatic nitrogens is 3. The van der Waals surface area contributed by atoms with Crippen LogP contribution >= 0.6 is 22.9 Å². The van der Waals surface area contributed by atoms with Crippen LogP contribution in [0.4, 0.5) is 0 Å². The lowest BCUT2D eigenvalue weighted by atomic mass is 10.1. The quantitative estimate of drug-likeness (QED) is 0.336. The van der Waals surface area contributed by atoms with Gasteiger partial charge < -0.3 is 9.47 Å². The smallest absolute Gasteiger partial charge is 0.339 e. The molecule has 162 valence electrons. The SMILES string of the molecule is C=C(Cl)c1c(COc2cc(-c3n[nH]c(C)n3)ccc2C)csc1/C(=C\C)C(=O)OCC. The Balaban J connectivity index is 1.88. The Morgan fingerprint density at radius 2 is 2.13 bits per heavy atom. The third-order valence-corrected chi connectivity index (χ3v) is 5.84. The molecule has 6 nitrogen and oxygen atoms in total. The topological polar surface area (TPSA) is 77.1 Å². The summed E-state index contributed by atoms with van der Waals surface area (Å²) in [6.45, 7) is 11.9. The molecule has 3 rings (SSSR count). The number of thiophene rings is 1. The molecule has 8 heteroatoms. The summed E-state index contributed by atoms with van der Waals surface area (Å²) < 4.78 is 11.3. The number of rotatable bonds is 8. The molecule has 0 saturated carbocycles. The van der Waals surface area contributed by atoms with Crippen LogP contribution in [-0.2, 0) is 16.1 Å². The van der Waals surface area contributed by atoms with Gasteiger partial charge in [0, 0.05) is 21.7 Å². The van der Waals surface area contributed by atoms with Crippen molar-refractivity contribution in [1.82, 2.24) is 15.2 Å². The number of ether oxygens (including phenoxy) is 2. The lowest BCUT2D eigenvalue weighted by Gasteiger charge is -2.12. The molecule has 0 aliphatic carbocycles. The number of hydrogen-bond acceptors (Lipinski definition) is 6. The fourth-order valence-electron chi connectivity index (χ4n) is 3.07. The van der Waals surface area contributed by atoms with E-state index in [1.807, 2.05) is 37.4 Å². The van der Waals surface area contributed by atoms with E-state index in [1.54, 1.807) is 19.9 Å². The van der Waals surface area contributed by atoms with Gasteiger partial charge in [0.1, 0.15) is 18.2 Å². The molecule has 3 aromatic rings. The van der Waals surface area contributed by atoms with Gasteiger partial charge >= 0.3 is 5.97 Å². The first-order valence-electron chi connectivity index (χ1n) is 9.77. The number of benzene rings is 1. The fraction of sp³-hybridized carbons (Fsp3) is 0.261. The van der Waals surface area contributed by atoms with Crippen molar-refractivity contribution in [3.05, 3.63) is 63.6 Å². The normalized spacial score (nSPS) is 11.5. The molecule has 2 heterocycles. The minimum absolute atomic E-state index is 0.273. The molecule has 0 aliphatic heterocycles. The second kappa shape index (κ2) is 9.94. The van der Waals surface area contributed by atoms with Gasteiger partial charge in [-0.3, -0.25) is 5.10 Å². The van der Waals surface area contributed by atoms with Gasteiger partial charge in [-0.25, -0.2) is 9.78 Å². The molecule has 0 spiro atoms. The highest BCUT2D eigenvalue weighted by Gasteiger charge is 2.22. The first-order chi connectivity index (χ1) is 14.8. The maximum atomic E-state index is 12.4. The van der Waals surface area contributed by atoms with Crippen molar-refractivity contribution in [2.45, 2.75) is 34.3 Å². The Morgan fingerprint density at radius 1 is 1.35 bits per heavy atom. The summed E-state index contributed by atoms with van der Waals surface area (Å²) in [6, 6.07) is 5.84. The van der Waals surface area contributed by atoms with Gasteiger partial charge in [-0.05, 0) is 44.7 Å². The highest BCUT2D eigenvalue weighted by atomic mass is 35.5. The van der Waals surface area contributed by atoms with E-state index >= 15 is 0 Å². The first kappa shape index (κ1) is 22.8. The molecule has 1 N–H and O–H groups in total. The average Bonchev–Trinajstić information content (AvgIpc) is 3.35. The maximum absolute atomic E-state index is 12.4. The summed E-state index contributed by atoms with van der Waals surface area (Å²) in [7, 11) is 0. The number of esters is 1. The minimum atomic E-state index is -0.385. The standard InChI is InChI=1S/C23H24ClN3O3S/c1-6-18(23(28)29-7-2)21-20(14(4)24)17(12-31-21)11-30-19-10-16(9-8-13(19)3)22-25-15(5)26-27-22/h6,8-10,12H,4,7,11H2,1-3,5H3,(H,25,26,27)/b18-6+. The number of carbonyl (C=O) groups is 1. The summed E-state index contributed by atoms with van der Waals surface area (Å²) >= 11 is 7.73. The van der Waals surface area contributed by atoms with E-state index in [0.717, 1.165) is 33.1 Å². The number of carbonyl (C=O) groups excluding carboxylic acids is 1. The number of aromatic amines is 1. The van der Waals surface area contributed by atoms with E-state index in [0.29, 0.717) is 28.6 Å². The summed E-state index contributed by atoms with van der Waals surface area (Å²) in [4.78, 5) is 17.4. The Kier molecular flexibility index (Phi) is 7.30. The lowest BCUT2D eigenvalue weighted by Crippen LogP contribution is -2.07. The second-order valence-corrected chi connectivity index (χ2v) is 8.14. The Morgan fingerprint density at radius 3 is 2.74 bits per heavy atom. The van der Waals surface area contributed by atoms with E-state index in [-0.39, 0.29) is 12.6 Å². The minimum Gasteiger partial charge on any atom is -0.489 e. The average molecular weight is 458 g/mol. The second-order valence-electron chi connectivity index (χ2n) is 6.81. The molecule has 2 aromatic heterocycles. The van der Waals surface area contributed by atoms with Crippen LogP contribution in [0.2, 0.25) is 0 Å². The van der Waals surface area contributed by atoms with E-state index in [4.69, 9.17) is 21.1 Å². The van der Waals surface area contributed by atoms with Crippen LogP contribution in [0.1, 0.15) is 41.2 Å². The summed E-state index contributed by atoms with van der Waals surface area (Å²) in [5.41, 5.74) is 3.86. The molecular formula is C23H24ClN3O3S. The molecule has 0 saturated heterocycles. The third-order valence-electron chi connectivity index (χ3n) is 4.59. The predicted octanol–water partition coefficient (Wildman–Crippen LogP) is 5.90. The first-order valence-corrected chi connectivity index (χ1v) is 11.0. The zero-order valence-electron chi connectivity index (χ0n) is 17.9. The number of hydrogen-bond donors (Lipinski definition) is 1. The van der Waals surface area contributed by atoms with Gasteiger partial charge in [-0.1, -0.05) is 36.4 Å². The largest absolute Gasteiger partial charge is 0.489 e. The van der Waals surface area contributed by atoms with Crippen LogP contribution < -0.4 is 4.74 Å². The lowest BCUT2D eigenvalue weighted by molar-refractivity contribution is -0.136. The Bertz CT molecular complexity index is 1150. The van der Waals surface area contributed by atoms with Crippen LogP contribution in [0.5, 0.6) is 5.75 Å². The molecule has 0 fully saturated rings. The van der Waals surface area contributed by atoms with E-state index in [9.17, 15) is 4.79 Å². The summed E-state index contributed by atoms with van der Waals surface area (Å²) in [5, 5.41) is 9.33. The van der Waals surface area contributed by atoms with Crippen LogP contribution in [0.15, 0.2) is 36.2 Å². The monoisotopic (exact) mass is 457 g/mol. The molecule has 0 aliphatic rings. The number of nitrogens with one attached hydrogen (secondary N) is 1. The molecule has 31 heavy (non-hydrogen) atoms. The predicted molar refractivity (Wildman–Crippen MR) is 125 cm³/mol. The van der Waals surface area contributed by atoms with Crippen LogP contribution in [0.3, 0.4) is 0 Å². The fourth-order valence-corrected chi connectivity index (χ4v) is 4.49. The van der Waals surface area contributed by atoms with Gasteiger partial charge in [0.05, 0.1) is 17.1 Å². The molecule has 0 bridgehead atoms. The van der Waals surface area contributed by atoms with Crippen molar-refractivity contribution >= 4 is 39.5 Å². The molecule has 0 radical (unpaired) electrons. The number of allylic oxidation sites excluding steroid dienone is 1. The van der Waals surface area contributed by atoms with Crippen molar-refractivity contribution < 1.29 is 14.3 Å². The van der Waals surface area contributed by atoms with Crippen molar-refractivity contribution in [1.29, 1.82) is 0 Å². The van der Waals surface area contributed by atoms with Gasteiger partial charge in [0.2, 0.25) is 0 Å². The van der Waals surface area contributed by atoms with Gasteiger partial charge in [0.25, 0.3) is 0 Å². The van der Waals surface area contributed by atoms with Gasteiger partial charge in [-0.2, -0.15) is 5.10 Å². The maximum Gasteiger partial charge on any atom is 0.339 e. The number of aryl methyl sites for hydroxylation is 2. The Hall–Kier alpha value is -2.90. The third kappa shape index (κ3) is 5.06. The van der Waals surface area contributed by atoms with E-state index in [1.165, 1.54) is 11.3 Å². The van der Waals surface area contributed by atoms with E-state index in [2.05, 4.69) is 21.8 Å². The molecule has 0 atom stereocenters. The molecular weight excluding hydrogens is 434 g/mol. The van der Waals surface area contributed by atoms with Crippen LogP contribution in [0, 0.1) is 13.8 Å². The zero-order chi connectivity index (χ0) is 22.5. The molecule has 0 amide bonds. The highest BCUT2D eigenvalue weighted by molar-refractivity contribution is 7.12. The number of H-pyrrole nitrogens is 1. The summed E-state index contributed by atoms with van der Waals surface area (Å²) in [5.74, 6) is 1.69. The number of nitrogens with zero attached hydrogens (tertiary/aromatic N) is 2. The van der Waals surface area contributed by atoms with Crippen LogP contribution in [0.25, 0.3) is 22.0 Å². The molecule has 1 aromatic carbocycles. The molecule has 0 unspecified atom stereocenters. The van der Waals surface area contributed by atoms with Crippen molar-refractivity contribution in [3.8, 4) is 17.1 Å². The van der Waals surface area contributed by atoms with Gasteiger partial charge in [-0.15, -0.1) is 11.3 Å². The highest BCUT2D eigenvalue weighted by Crippen LogP contribution is 2.37. The van der Waals surface area contributed by atoms with Crippen molar-refractivity contribution in [2.24, 2.45) is 0 Å². The van der Waals surface area contributed by atoms with Gasteiger partial charge in [0.15, 0.2) is 5.82 Å². The summed E-state index contributed by atoms with van der Waals surface area (Å²) in [6.07, 6.45) is 1.73. The van der Waals surface area contributed by atoms with Crippen LogP contribution in [-0.4, -0.2) is 27.8 Å². The number of halogens is 1. The Labute approximate surface area is 190 Å². The van der Waals surface area contributed by atoms with Crippen molar-refractivity contribution in [3.63, 3.8) is 0 Å². The van der Waals surface area contributed by atoms with E-state index < -0.39 is 0 Å². The van der Waals surface area contributed by atoms with Crippen molar-refractivity contribution in [2.75, 3.05) is 6.61 Å².